The maximum Gasteiger partial charge on any atom is 0.256 e. The van der Waals surface area contributed by atoms with Crippen LogP contribution in [0.15, 0.2) is 18.2 Å². The highest BCUT2D eigenvalue weighted by Gasteiger charge is 2.28. The van der Waals surface area contributed by atoms with Crippen LogP contribution in [0.4, 0.5) is 4.39 Å². The minimum atomic E-state index is -0.564. The summed E-state index contributed by atoms with van der Waals surface area (Å²) in [5.41, 5.74) is 0.512. The van der Waals surface area contributed by atoms with E-state index in [0.717, 1.165) is 6.42 Å². The maximum atomic E-state index is 13.8. The lowest BCUT2D eigenvalue weighted by Crippen LogP contribution is -2.30. The minimum Gasteiger partial charge on any atom is -0.384 e. The number of benzene rings is 1. The second kappa shape index (κ2) is 6.51. The fourth-order valence-corrected chi connectivity index (χ4v) is 2.18. The predicted octanol–water partition coefficient (Wildman–Crippen LogP) is 1.03. The van der Waals surface area contributed by atoms with Crippen molar-refractivity contribution in [1.29, 1.82) is 0 Å². The van der Waals surface area contributed by atoms with Crippen molar-refractivity contribution in [1.82, 2.24) is 4.90 Å². The molecule has 0 aliphatic carbocycles. The molecule has 1 atom stereocenters. The number of rotatable bonds is 2. The summed E-state index contributed by atoms with van der Waals surface area (Å²) < 4.78 is 19.0. The molecule has 1 aliphatic rings. The molecule has 106 valence electrons. The number of ether oxygens (including phenoxy) is 1. The largest absolute Gasteiger partial charge is 0.384 e. The van der Waals surface area contributed by atoms with Gasteiger partial charge in [-0.25, -0.2) is 4.39 Å². The quantitative estimate of drug-likeness (QED) is 0.821. The van der Waals surface area contributed by atoms with Crippen LogP contribution >= 0.6 is 0 Å². The Bertz CT molecular complexity index is 562. The van der Waals surface area contributed by atoms with E-state index in [1.165, 1.54) is 18.2 Å². The van der Waals surface area contributed by atoms with Gasteiger partial charge in [-0.2, -0.15) is 0 Å². The molecule has 1 heterocycles. The van der Waals surface area contributed by atoms with Crippen molar-refractivity contribution in [2.75, 3.05) is 26.8 Å². The minimum absolute atomic E-state index is 0.00601. The van der Waals surface area contributed by atoms with E-state index in [9.17, 15) is 9.18 Å². The Morgan fingerprint density at radius 1 is 1.60 bits per heavy atom. The molecule has 0 bridgehead atoms. The van der Waals surface area contributed by atoms with E-state index in [-0.39, 0.29) is 24.2 Å². The highest BCUT2D eigenvalue weighted by Crippen LogP contribution is 2.18. The van der Waals surface area contributed by atoms with Gasteiger partial charge < -0.3 is 14.7 Å². The molecule has 5 heteroatoms. The van der Waals surface area contributed by atoms with E-state index in [1.54, 1.807) is 12.0 Å². The van der Waals surface area contributed by atoms with Crippen LogP contribution in [0.1, 0.15) is 22.3 Å². The maximum absolute atomic E-state index is 13.8. The van der Waals surface area contributed by atoms with E-state index in [1.807, 2.05) is 0 Å². The number of aliphatic hydroxyl groups excluding tert-OH is 1. The van der Waals surface area contributed by atoms with Crippen molar-refractivity contribution in [3.05, 3.63) is 35.1 Å². The zero-order valence-corrected chi connectivity index (χ0v) is 11.2. The molecule has 0 aromatic heterocycles. The Morgan fingerprint density at radius 3 is 3.05 bits per heavy atom. The summed E-state index contributed by atoms with van der Waals surface area (Å²) in [5.74, 6) is 4.22. The van der Waals surface area contributed by atoms with Gasteiger partial charge in [-0.1, -0.05) is 11.8 Å². The monoisotopic (exact) mass is 277 g/mol. The van der Waals surface area contributed by atoms with Gasteiger partial charge in [0.1, 0.15) is 12.4 Å². The molecular formula is C15H16FNO3. The molecule has 20 heavy (non-hydrogen) atoms. The molecule has 1 fully saturated rings. The lowest BCUT2D eigenvalue weighted by molar-refractivity contribution is 0.0720. The Hall–Kier alpha value is -1.90. The van der Waals surface area contributed by atoms with E-state index in [2.05, 4.69) is 11.8 Å². The number of hydrogen-bond donors (Lipinski definition) is 1. The number of halogens is 1. The summed E-state index contributed by atoms with van der Waals surface area (Å²) in [6, 6.07) is 4.12. The highest BCUT2D eigenvalue weighted by atomic mass is 19.1. The molecule has 1 saturated heterocycles. The summed E-state index contributed by atoms with van der Waals surface area (Å²) in [4.78, 5) is 13.9. The van der Waals surface area contributed by atoms with E-state index >= 15 is 0 Å². The summed E-state index contributed by atoms with van der Waals surface area (Å²) in [7, 11) is 1.60. The predicted molar refractivity (Wildman–Crippen MR) is 71.7 cm³/mol. The van der Waals surface area contributed by atoms with Crippen molar-refractivity contribution in [3.63, 3.8) is 0 Å². The highest BCUT2D eigenvalue weighted by molar-refractivity contribution is 5.95. The normalized spacial score (nSPS) is 17.8. The van der Waals surface area contributed by atoms with Crippen LogP contribution in [0.3, 0.4) is 0 Å². The Labute approximate surface area is 117 Å². The molecule has 4 nitrogen and oxygen atoms in total. The third-order valence-corrected chi connectivity index (χ3v) is 3.27. The molecule has 2 rings (SSSR count). The first-order valence-corrected chi connectivity index (χ1v) is 6.37. The Morgan fingerprint density at radius 2 is 2.40 bits per heavy atom. The van der Waals surface area contributed by atoms with Crippen molar-refractivity contribution in [2.45, 2.75) is 12.5 Å². The standard InChI is InChI=1S/C15H16FNO3/c1-20-12-6-7-17(10-12)15(19)13-9-11(3-2-8-18)4-5-14(13)16/h4-5,9,12,18H,6-8,10H2,1H3. The van der Waals surface area contributed by atoms with Gasteiger partial charge in [-0.15, -0.1) is 0 Å². The number of amides is 1. The van der Waals surface area contributed by atoms with Gasteiger partial charge in [-0.3, -0.25) is 4.79 Å². The molecule has 1 unspecified atom stereocenters. The zero-order valence-electron chi connectivity index (χ0n) is 11.2. The van der Waals surface area contributed by atoms with Crippen molar-refractivity contribution < 1.29 is 19.0 Å². The molecule has 1 aromatic rings. The smallest absolute Gasteiger partial charge is 0.256 e. The first-order valence-electron chi connectivity index (χ1n) is 6.37. The molecule has 1 N–H and O–H groups in total. The summed E-state index contributed by atoms with van der Waals surface area (Å²) in [6.45, 7) is 0.757. The van der Waals surface area contributed by atoms with Gasteiger partial charge >= 0.3 is 0 Å². The molecular weight excluding hydrogens is 261 g/mol. The number of carbonyl (C=O) groups excluding carboxylic acids is 1. The molecule has 0 saturated carbocycles. The third-order valence-electron chi connectivity index (χ3n) is 3.27. The van der Waals surface area contributed by atoms with Crippen LogP contribution in [0.5, 0.6) is 0 Å². The number of aliphatic hydroxyl groups is 1. The van der Waals surface area contributed by atoms with Crippen LogP contribution in [0.25, 0.3) is 0 Å². The third kappa shape index (κ3) is 3.16. The Kier molecular flexibility index (Phi) is 4.72. The molecule has 1 aliphatic heterocycles. The number of methoxy groups -OCH3 is 1. The van der Waals surface area contributed by atoms with Crippen molar-refractivity contribution in [3.8, 4) is 11.8 Å². The fraction of sp³-hybridized carbons (Fsp3) is 0.400. The van der Waals surface area contributed by atoms with Crippen LogP contribution in [-0.2, 0) is 4.74 Å². The van der Waals surface area contributed by atoms with Crippen molar-refractivity contribution in [2.24, 2.45) is 0 Å². The number of likely N-dealkylation sites (tertiary alicyclic amines) is 1. The Balaban J connectivity index is 2.21. The molecule has 0 spiro atoms. The number of hydrogen-bond acceptors (Lipinski definition) is 3. The first-order chi connectivity index (χ1) is 9.65. The van der Waals surface area contributed by atoms with Crippen LogP contribution in [0.2, 0.25) is 0 Å². The van der Waals surface area contributed by atoms with Crippen LogP contribution in [0, 0.1) is 17.7 Å². The average molecular weight is 277 g/mol. The molecule has 0 radical (unpaired) electrons. The topological polar surface area (TPSA) is 49.8 Å². The van der Waals surface area contributed by atoms with Gasteiger partial charge in [0.05, 0.1) is 11.7 Å². The lowest BCUT2D eigenvalue weighted by Gasteiger charge is -2.16. The van der Waals surface area contributed by atoms with E-state index in [4.69, 9.17) is 9.84 Å². The van der Waals surface area contributed by atoms with E-state index in [0.29, 0.717) is 18.7 Å². The van der Waals surface area contributed by atoms with Gasteiger partial charge in [-0.05, 0) is 24.6 Å². The second-order valence-electron chi connectivity index (χ2n) is 4.55. The summed E-state index contributed by atoms with van der Waals surface area (Å²) >= 11 is 0. The summed E-state index contributed by atoms with van der Waals surface area (Å²) in [6.07, 6.45) is 0.771. The van der Waals surface area contributed by atoms with Gasteiger partial charge in [0, 0.05) is 25.8 Å². The lowest BCUT2D eigenvalue weighted by atomic mass is 10.1. The number of nitrogens with zero attached hydrogens (tertiary/aromatic N) is 1. The summed E-state index contributed by atoms with van der Waals surface area (Å²) in [5, 5.41) is 8.65. The number of carbonyl (C=O) groups is 1. The van der Waals surface area contributed by atoms with Crippen LogP contribution < -0.4 is 0 Å². The van der Waals surface area contributed by atoms with Gasteiger partial charge in [0.25, 0.3) is 5.91 Å². The van der Waals surface area contributed by atoms with Gasteiger partial charge in [0.15, 0.2) is 0 Å². The SMILES string of the molecule is COC1CCN(C(=O)c2cc(C#CCO)ccc2F)C1. The second-order valence-corrected chi connectivity index (χ2v) is 4.55. The molecule has 1 aromatic carbocycles. The molecule has 1 amide bonds. The van der Waals surface area contributed by atoms with Gasteiger partial charge in [0.2, 0.25) is 0 Å². The fourth-order valence-electron chi connectivity index (χ4n) is 2.18. The average Bonchev–Trinajstić information content (AvgIpc) is 2.94. The van der Waals surface area contributed by atoms with E-state index < -0.39 is 5.82 Å². The van der Waals surface area contributed by atoms with Crippen LogP contribution in [-0.4, -0.2) is 48.8 Å². The zero-order chi connectivity index (χ0) is 14.5. The first kappa shape index (κ1) is 14.5. The van der Waals surface area contributed by atoms with Crippen molar-refractivity contribution >= 4 is 5.91 Å².